The maximum absolute atomic E-state index is 4.18. The number of aromatic amines is 2. The van der Waals surface area contributed by atoms with Gasteiger partial charge in [-0.3, -0.25) is 5.10 Å². The largest absolute Gasteiger partial charge is 0.381 e. The van der Waals surface area contributed by atoms with Gasteiger partial charge in [-0.25, -0.2) is 4.98 Å². The highest BCUT2D eigenvalue weighted by Crippen LogP contribution is 2.20. The molecule has 0 amide bonds. The van der Waals surface area contributed by atoms with Gasteiger partial charge in [-0.05, 0) is 41.3 Å². The van der Waals surface area contributed by atoms with E-state index in [0.717, 1.165) is 29.1 Å². The van der Waals surface area contributed by atoms with Gasteiger partial charge in [0.15, 0.2) is 5.82 Å². The fourth-order valence-corrected chi connectivity index (χ4v) is 2.54. The van der Waals surface area contributed by atoms with Crippen LogP contribution in [0.4, 0.5) is 5.69 Å². The van der Waals surface area contributed by atoms with Crippen molar-refractivity contribution in [3.63, 3.8) is 0 Å². The molecule has 3 N–H and O–H groups in total. The lowest BCUT2D eigenvalue weighted by Gasteiger charge is -2.08. The summed E-state index contributed by atoms with van der Waals surface area (Å²) >= 11 is 0. The van der Waals surface area contributed by atoms with E-state index in [1.54, 1.807) is 0 Å². The SMILES string of the molecule is c1cc(NCc2ccc3[nH]ccc3c2)cc(-c2ncn[nH]2)c1. The van der Waals surface area contributed by atoms with Crippen molar-refractivity contribution in [2.24, 2.45) is 0 Å². The Hall–Kier alpha value is -3.08. The molecule has 4 rings (SSSR count). The van der Waals surface area contributed by atoms with Gasteiger partial charge in [0.25, 0.3) is 0 Å². The summed E-state index contributed by atoms with van der Waals surface area (Å²) in [6.45, 7) is 0.779. The number of hydrogen-bond donors (Lipinski definition) is 3. The third-order valence-corrected chi connectivity index (χ3v) is 3.67. The Morgan fingerprint density at radius 3 is 2.95 bits per heavy atom. The molecule has 0 radical (unpaired) electrons. The Labute approximate surface area is 127 Å². The van der Waals surface area contributed by atoms with E-state index in [4.69, 9.17) is 0 Å². The van der Waals surface area contributed by atoms with Crippen LogP contribution in [0.1, 0.15) is 5.56 Å². The normalized spacial score (nSPS) is 10.9. The fourth-order valence-electron chi connectivity index (χ4n) is 2.54. The Bertz CT molecular complexity index is 892. The molecular formula is C17H15N5. The number of H-pyrrole nitrogens is 2. The molecule has 0 aliphatic rings. The Balaban J connectivity index is 1.52. The number of rotatable bonds is 4. The first-order valence-corrected chi connectivity index (χ1v) is 7.14. The average Bonchev–Trinajstić information content (AvgIpc) is 3.24. The highest BCUT2D eigenvalue weighted by atomic mass is 15.2. The van der Waals surface area contributed by atoms with Crippen molar-refractivity contribution in [2.45, 2.75) is 6.54 Å². The molecule has 0 aliphatic carbocycles. The number of benzene rings is 2. The Morgan fingerprint density at radius 2 is 2.05 bits per heavy atom. The molecule has 5 heteroatoms. The topological polar surface area (TPSA) is 69.4 Å². The molecule has 2 aromatic heterocycles. The lowest BCUT2D eigenvalue weighted by atomic mass is 10.1. The van der Waals surface area contributed by atoms with Crippen LogP contribution in [0.15, 0.2) is 61.1 Å². The van der Waals surface area contributed by atoms with E-state index >= 15 is 0 Å². The predicted molar refractivity (Wildman–Crippen MR) is 87.4 cm³/mol. The highest BCUT2D eigenvalue weighted by molar-refractivity contribution is 5.80. The maximum Gasteiger partial charge on any atom is 0.155 e. The first-order valence-electron chi connectivity index (χ1n) is 7.14. The van der Waals surface area contributed by atoms with Crippen molar-refractivity contribution in [1.29, 1.82) is 0 Å². The van der Waals surface area contributed by atoms with Crippen molar-refractivity contribution < 1.29 is 0 Å². The van der Waals surface area contributed by atoms with Gasteiger partial charge in [-0.2, -0.15) is 5.10 Å². The lowest BCUT2D eigenvalue weighted by Crippen LogP contribution is -1.99. The molecule has 0 aliphatic heterocycles. The van der Waals surface area contributed by atoms with E-state index in [0.29, 0.717) is 0 Å². The molecule has 0 bridgehead atoms. The average molecular weight is 289 g/mol. The molecule has 0 saturated carbocycles. The summed E-state index contributed by atoms with van der Waals surface area (Å²) in [7, 11) is 0. The van der Waals surface area contributed by atoms with Crippen molar-refractivity contribution in [2.75, 3.05) is 5.32 Å². The van der Waals surface area contributed by atoms with Gasteiger partial charge in [-0.1, -0.05) is 18.2 Å². The highest BCUT2D eigenvalue weighted by Gasteiger charge is 2.02. The van der Waals surface area contributed by atoms with Crippen molar-refractivity contribution >= 4 is 16.6 Å². The quantitative estimate of drug-likeness (QED) is 0.538. The van der Waals surface area contributed by atoms with Gasteiger partial charge < -0.3 is 10.3 Å². The number of aromatic nitrogens is 4. The van der Waals surface area contributed by atoms with Gasteiger partial charge >= 0.3 is 0 Å². The zero-order valence-electron chi connectivity index (χ0n) is 11.9. The molecule has 0 unspecified atom stereocenters. The maximum atomic E-state index is 4.18. The summed E-state index contributed by atoms with van der Waals surface area (Å²) in [5, 5.41) is 11.4. The Morgan fingerprint density at radius 1 is 1.05 bits per heavy atom. The van der Waals surface area contributed by atoms with Gasteiger partial charge in [0.1, 0.15) is 6.33 Å². The molecule has 2 aromatic carbocycles. The second-order valence-electron chi connectivity index (χ2n) is 5.17. The van der Waals surface area contributed by atoms with E-state index in [-0.39, 0.29) is 0 Å². The van der Waals surface area contributed by atoms with Crippen LogP contribution < -0.4 is 5.32 Å². The van der Waals surface area contributed by atoms with Crippen LogP contribution in [0.3, 0.4) is 0 Å². The van der Waals surface area contributed by atoms with Gasteiger partial charge in [0, 0.05) is 29.5 Å². The molecular weight excluding hydrogens is 274 g/mol. The van der Waals surface area contributed by atoms with E-state index in [1.807, 2.05) is 18.3 Å². The van der Waals surface area contributed by atoms with E-state index in [9.17, 15) is 0 Å². The van der Waals surface area contributed by atoms with Crippen LogP contribution in [0.5, 0.6) is 0 Å². The van der Waals surface area contributed by atoms with Crippen LogP contribution in [0, 0.1) is 0 Å². The minimum absolute atomic E-state index is 0.775. The number of fused-ring (bicyclic) bond motifs is 1. The zero-order valence-corrected chi connectivity index (χ0v) is 11.9. The molecule has 4 aromatic rings. The zero-order chi connectivity index (χ0) is 14.8. The molecule has 2 heterocycles. The molecule has 0 spiro atoms. The third-order valence-electron chi connectivity index (χ3n) is 3.67. The first kappa shape index (κ1) is 12.6. The monoisotopic (exact) mass is 289 g/mol. The molecule has 0 saturated heterocycles. The second kappa shape index (κ2) is 5.37. The summed E-state index contributed by atoms with van der Waals surface area (Å²) < 4.78 is 0. The van der Waals surface area contributed by atoms with Gasteiger partial charge in [0.05, 0.1) is 0 Å². The summed E-state index contributed by atoms with van der Waals surface area (Å²) in [5.41, 5.74) is 4.49. The van der Waals surface area contributed by atoms with Crippen LogP contribution in [0.25, 0.3) is 22.3 Å². The first-order chi connectivity index (χ1) is 10.9. The Kier molecular flexibility index (Phi) is 3.08. The van der Waals surface area contributed by atoms with Crippen molar-refractivity contribution in [3.05, 3.63) is 66.6 Å². The van der Waals surface area contributed by atoms with Crippen LogP contribution in [-0.2, 0) is 6.54 Å². The summed E-state index contributed by atoms with van der Waals surface area (Å²) in [6.07, 6.45) is 3.48. The summed E-state index contributed by atoms with van der Waals surface area (Å²) in [6, 6.07) is 16.7. The van der Waals surface area contributed by atoms with E-state index < -0.39 is 0 Å². The number of nitrogens with one attached hydrogen (secondary N) is 3. The minimum atomic E-state index is 0.775. The number of anilines is 1. The molecule has 5 nitrogen and oxygen atoms in total. The number of hydrogen-bond acceptors (Lipinski definition) is 3. The van der Waals surface area contributed by atoms with Crippen LogP contribution in [-0.4, -0.2) is 20.2 Å². The van der Waals surface area contributed by atoms with Crippen LogP contribution >= 0.6 is 0 Å². The molecule has 22 heavy (non-hydrogen) atoms. The van der Waals surface area contributed by atoms with Gasteiger partial charge in [-0.15, -0.1) is 0 Å². The van der Waals surface area contributed by atoms with Crippen LogP contribution in [0.2, 0.25) is 0 Å². The number of nitrogens with zero attached hydrogens (tertiary/aromatic N) is 2. The second-order valence-corrected chi connectivity index (χ2v) is 5.17. The summed E-state index contributed by atoms with van der Waals surface area (Å²) in [4.78, 5) is 7.38. The molecule has 0 atom stereocenters. The summed E-state index contributed by atoms with van der Waals surface area (Å²) in [5.74, 6) is 0.775. The fraction of sp³-hybridized carbons (Fsp3) is 0.0588. The third kappa shape index (κ3) is 2.44. The van der Waals surface area contributed by atoms with E-state index in [1.165, 1.54) is 17.3 Å². The smallest absolute Gasteiger partial charge is 0.155 e. The predicted octanol–water partition coefficient (Wildman–Crippen LogP) is 3.57. The molecule has 108 valence electrons. The lowest BCUT2D eigenvalue weighted by molar-refractivity contribution is 1.09. The minimum Gasteiger partial charge on any atom is -0.381 e. The van der Waals surface area contributed by atoms with Gasteiger partial charge in [0.2, 0.25) is 0 Å². The van der Waals surface area contributed by atoms with Crippen molar-refractivity contribution in [3.8, 4) is 11.4 Å². The standard InChI is InChI=1S/C17H15N5/c1-2-14(17-20-11-21-22-17)9-15(3-1)19-10-12-4-5-16-13(8-12)6-7-18-16/h1-9,11,18-19H,10H2,(H,20,21,22). The van der Waals surface area contributed by atoms with E-state index in [2.05, 4.69) is 61.9 Å². The molecule has 0 fully saturated rings. The van der Waals surface area contributed by atoms with Crippen molar-refractivity contribution in [1.82, 2.24) is 20.2 Å².